The molecule has 62 heavy (non-hydrogen) atoms. The van der Waals surface area contributed by atoms with Crippen molar-refractivity contribution >= 4 is 33.1 Å². The Kier molecular flexibility index (Phi) is 17.5. The molecule has 332 valence electrons. The molecule has 3 aromatic carbocycles. The van der Waals surface area contributed by atoms with Crippen molar-refractivity contribution < 1.29 is 41.3 Å². The summed E-state index contributed by atoms with van der Waals surface area (Å²) in [6.45, 7) is 13.2. The van der Waals surface area contributed by atoms with Crippen LogP contribution in [0.2, 0.25) is 0 Å². The van der Waals surface area contributed by atoms with Crippen LogP contribution in [0.5, 0.6) is 0 Å². The van der Waals surface area contributed by atoms with E-state index in [0.717, 1.165) is 40.3 Å². The third-order valence-corrected chi connectivity index (χ3v) is 12.4. The number of hydrogen-bond acceptors (Lipinski definition) is 9. The van der Waals surface area contributed by atoms with E-state index in [9.17, 15) is 17.8 Å². The summed E-state index contributed by atoms with van der Waals surface area (Å²) in [7, 11) is -1.12. The SMILES string of the molecule is C#CCNC(=O)Cc1ccc2c(c1)C(C)(CCCS(=O)(=O)[O-])\C(=C/C=C/C=C/C1=[N+](CCOCCOC)c3ccc(-c4ccc(C)cc4)cc3C1(C)C)N2CCCOCCOC. The normalized spacial score (nSPS) is 17.6. The van der Waals surface area contributed by atoms with Crippen LogP contribution < -0.4 is 10.2 Å². The molecule has 0 aromatic heterocycles. The summed E-state index contributed by atoms with van der Waals surface area (Å²) >= 11 is 0. The van der Waals surface area contributed by atoms with Gasteiger partial charge in [0, 0.05) is 67.6 Å². The number of allylic oxidation sites excluding steroid dienone is 6. The Morgan fingerprint density at radius 1 is 0.871 bits per heavy atom. The highest BCUT2D eigenvalue weighted by Crippen LogP contribution is 2.51. The van der Waals surface area contributed by atoms with Gasteiger partial charge in [-0.1, -0.05) is 66.1 Å². The van der Waals surface area contributed by atoms with Gasteiger partial charge in [0.25, 0.3) is 0 Å². The fourth-order valence-corrected chi connectivity index (χ4v) is 8.88. The number of methoxy groups -OCH3 is 2. The molecule has 1 unspecified atom stereocenters. The van der Waals surface area contributed by atoms with E-state index >= 15 is 0 Å². The number of anilines is 1. The van der Waals surface area contributed by atoms with Gasteiger partial charge < -0.3 is 33.7 Å². The zero-order valence-corrected chi connectivity index (χ0v) is 38.0. The maximum atomic E-state index is 12.7. The van der Waals surface area contributed by atoms with Gasteiger partial charge in [-0.25, -0.2) is 8.42 Å². The first-order valence-corrected chi connectivity index (χ1v) is 22.9. The largest absolute Gasteiger partial charge is 0.748 e. The number of fused-ring (bicyclic) bond motifs is 2. The molecule has 2 aliphatic rings. The standard InChI is InChI=1S/C50H63N3O8S/c1-8-25-51-48(54)36-39-18-22-45-43(35-39)50(5,24-12-34-62(55,56)57)47(52(45)26-13-28-60-32-30-58-6)15-11-9-10-14-46-49(3,4)42-37-41(40-19-16-38(2)17-20-40)21-23-44(42)53(46)27-29-61-33-31-59-7/h1,9-11,14-23,35,37H,12-13,24-34,36H2,2-7H3,(H-,51,54,55,56,57). The number of terminal acetylenes is 1. The number of nitrogens with zero attached hydrogens (tertiary/aromatic N) is 2. The highest BCUT2D eigenvalue weighted by Gasteiger charge is 2.45. The minimum atomic E-state index is -4.43. The molecule has 2 aliphatic heterocycles. The monoisotopic (exact) mass is 865 g/mol. The summed E-state index contributed by atoms with van der Waals surface area (Å²) in [6.07, 6.45) is 17.1. The van der Waals surface area contributed by atoms with Crippen molar-refractivity contribution in [3.63, 3.8) is 0 Å². The van der Waals surface area contributed by atoms with Crippen molar-refractivity contribution in [1.29, 1.82) is 0 Å². The highest BCUT2D eigenvalue weighted by atomic mass is 32.2. The number of aryl methyl sites for hydroxylation is 1. The average molecular weight is 866 g/mol. The molecule has 0 radical (unpaired) electrons. The van der Waals surface area contributed by atoms with Gasteiger partial charge in [-0.2, -0.15) is 4.58 Å². The lowest BCUT2D eigenvalue weighted by Gasteiger charge is -2.31. The van der Waals surface area contributed by atoms with Gasteiger partial charge in [-0.3, -0.25) is 4.79 Å². The molecular weight excluding hydrogens is 803 g/mol. The lowest BCUT2D eigenvalue weighted by atomic mass is 9.77. The van der Waals surface area contributed by atoms with Gasteiger partial charge in [-0.15, -0.1) is 6.42 Å². The van der Waals surface area contributed by atoms with Crippen LogP contribution in [0.4, 0.5) is 11.4 Å². The molecule has 1 amide bonds. The second-order valence-electron chi connectivity index (χ2n) is 16.5. The summed E-state index contributed by atoms with van der Waals surface area (Å²) < 4.78 is 59.9. The van der Waals surface area contributed by atoms with Crippen molar-refractivity contribution in [1.82, 2.24) is 5.32 Å². The summed E-state index contributed by atoms with van der Waals surface area (Å²) in [5.41, 5.74) is 9.83. The van der Waals surface area contributed by atoms with Crippen LogP contribution in [0.3, 0.4) is 0 Å². The van der Waals surface area contributed by atoms with Gasteiger partial charge in [0.05, 0.1) is 54.9 Å². The molecule has 0 saturated carbocycles. The molecule has 11 nitrogen and oxygen atoms in total. The number of ether oxygens (including phenoxy) is 4. The smallest absolute Gasteiger partial charge is 0.225 e. The van der Waals surface area contributed by atoms with Crippen molar-refractivity contribution in [2.45, 2.75) is 64.2 Å². The second kappa shape index (κ2) is 22.5. The number of carbonyl (C=O) groups is 1. The molecule has 0 spiro atoms. The van der Waals surface area contributed by atoms with Gasteiger partial charge in [-0.05, 0) is 93.5 Å². The Hall–Kier alpha value is -4.87. The van der Waals surface area contributed by atoms with Crippen molar-refractivity contribution in [3.8, 4) is 23.5 Å². The van der Waals surface area contributed by atoms with Crippen LogP contribution in [0.1, 0.15) is 62.3 Å². The number of carbonyl (C=O) groups excluding carboxylic acids is 1. The lowest BCUT2D eigenvalue weighted by molar-refractivity contribution is -0.442. The zero-order valence-electron chi connectivity index (χ0n) is 37.2. The third-order valence-electron chi connectivity index (χ3n) is 11.6. The van der Waals surface area contributed by atoms with Crippen molar-refractivity contribution in [2.75, 3.05) is 84.1 Å². The van der Waals surface area contributed by atoms with Gasteiger partial charge >= 0.3 is 0 Å². The van der Waals surface area contributed by atoms with E-state index in [2.05, 4.69) is 109 Å². The average Bonchev–Trinajstić information content (AvgIpc) is 3.59. The van der Waals surface area contributed by atoms with Crippen LogP contribution in [-0.2, 0) is 51.1 Å². The van der Waals surface area contributed by atoms with E-state index in [1.54, 1.807) is 14.2 Å². The van der Waals surface area contributed by atoms with Crippen LogP contribution >= 0.6 is 0 Å². The molecule has 3 aromatic rings. The molecule has 0 saturated heterocycles. The fourth-order valence-electron chi connectivity index (χ4n) is 8.38. The first-order chi connectivity index (χ1) is 29.7. The van der Waals surface area contributed by atoms with Crippen molar-refractivity contribution in [3.05, 3.63) is 119 Å². The van der Waals surface area contributed by atoms with E-state index in [-0.39, 0.29) is 30.7 Å². The molecule has 1 atom stereocenters. The Labute approximate surface area is 369 Å². The molecular formula is C50H63N3O8S. The molecule has 0 fully saturated rings. The molecule has 2 heterocycles. The number of nitrogens with one attached hydrogen (secondary N) is 1. The Balaban J connectivity index is 1.50. The number of hydrogen-bond donors (Lipinski definition) is 1. The van der Waals surface area contributed by atoms with E-state index in [4.69, 9.17) is 25.4 Å². The summed E-state index contributed by atoms with van der Waals surface area (Å²) in [5, 5.41) is 2.74. The Bertz CT molecular complexity index is 2290. The molecule has 1 N–H and O–H groups in total. The van der Waals surface area contributed by atoms with Crippen LogP contribution in [0.15, 0.2) is 96.7 Å². The maximum Gasteiger partial charge on any atom is 0.225 e. The molecule has 5 rings (SSSR count). The first-order valence-electron chi connectivity index (χ1n) is 21.3. The summed E-state index contributed by atoms with van der Waals surface area (Å²) in [4.78, 5) is 15.0. The number of rotatable bonds is 24. The second-order valence-corrected chi connectivity index (χ2v) is 18.0. The predicted molar refractivity (Wildman–Crippen MR) is 246 cm³/mol. The predicted octanol–water partition coefficient (Wildman–Crippen LogP) is 7.15. The third kappa shape index (κ3) is 12.4. The van der Waals surface area contributed by atoms with Gasteiger partial charge in [0.15, 0.2) is 12.3 Å². The zero-order chi connectivity index (χ0) is 44.8. The summed E-state index contributed by atoms with van der Waals surface area (Å²) in [6, 6.07) is 21.3. The Morgan fingerprint density at radius 2 is 1.58 bits per heavy atom. The first kappa shape index (κ1) is 48.2. The van der Waals surface area contributed by atoms with Crippen molar-refractivity contribution in [2.24, 2.45) is 0 Å². The number of benzene rings is 3. The molecule has 0 aliphatic carbocycles. The van der Waals surface area contributed by atoms with Gasteiger partial charge in [0.1, 0.15) is 6.61 Å². The topological polar surface area (TPSA) is 129 Å². The van der Waals surface area contributed by atoms with Crippen LogP contribution in [-0.4, -0.2) is 108 Å². The van der Waals surface area contributed by atoms with Gasteiger partial charge in [0.2, 0.25) is 11.6 Å². The quantitative estimate of drug-likeness (QED) is 0.0329. The Morgan fingerprint density at radius 3 is 2.27 bits per heavy atom. The van der Waals surface area contributed by atoms with E-state index in [0.29, 0.717) is 59.2 Å². The molecule has 12 heteroatoms. The maximum absolute atomic E-state index is 12.7. The van der Waals surface area contributed by atoms with E-state index in [1.807, 2.05) is 30.4 Å². The minimum Gasteiger partial charge on any atom is -0.748 e. The van der Waals surface area contributed by atoms with E-state index < -0.39 is 21.3 Å². The van der Waals surface area contributed by atoms with Crippen LogP contribution in [0, 0.1) is 19.3 Å². The lowest BCUT2D eigenvalue weighted by Crippen LogP contribution is -2.30. The van der Waals surface area contributed by atoms with Crippen LogP contribution in [0.25, 0.3) is 11.1 Å². The van der Waals surface area contributed by atoms with E-state index in [1.165, 1.54) is 22.3 Å². The highest BCUT2D eigenvalue weighted by molar-refractivity contribution is 7.85. The minimum absolute atomic E-state index is 0.138. The summed E-state index contributed by atoms with van der Waals surface area (Å²) in [5.74, 6) is 1.78. The molecule has 0 bridgehead atoms. The fraction of sp³-hybridized carbons (Fsp3) is 0.440. The number of amides is 1.